The summed E-state index contributed by atoms with van der Waals surface area (Å²) in [4.78, 5) is 19.0. The number of rotatable bonds is 9. The molecule has 1 aromatic heterocycles. The van der Waals surface area contributed by atoms with Gasteiger partial charge < -0.3 is 20.1 Å². The van der Waals surface area contributed by atoms with Gasteiger partial charge in [-0.1, -0.05) is 12.1 Å². The number of carbonyl (C=O) groups excluding carboxylic acids is 1. The number of hydrogen-bond acceptors (Lipinski definition) is 7. The van der Waals surface area contributed by atoms with Crippen LogP contribution in [0.4, 0.5) is 14.3 Å². The van der Waals surface area contributed by atoms with E-state index in [-0.39, 0.29) is 24.9 Å². The predicted octanol–water partition coefficient (Wildman–Crippen LogP) is 3.33. The highest BCUT2D eigenvalue weighted by Crippen LogP contribution is 2.28. The van der Waals surface area contributed by atoms with Gasteiger partial charge in [-0.05, 0) is 36.9 Å². The smallest absolute Gasteiger partial charge is 0.324 e. The Morgan fingerprint density at radius 1 is 1.16 bits per heavy atom. The Morgan fingerprint density at radius 2 is 2.00 bits per heavy atom. The van der Waals surface area contributed by atoms with E-state index < -0.39 is 0 Å². The minimum absolute atomic E-state index is 0.176. The van der Waals surface area contributed by atoms with Gasteiger partial charge in [0.1, 0.15) is 17.3 Å². The SMILES string of the molecule is CNCc1nsc(N(Cc2ccc(OC)cc2OC)C(=O)NCc2cccc(F)c2)n1. The van der Waals surface area contributed by atoms with Gasteiger partial charge in [0.2, 0.25) is 5.13 Å². The van der Waals surface area contributed by atoms with Crippen LogP contribution in [-0.4, -0.2) is 36.7 Å². The van der Waals surface area contributed by atoms with E-state index in [9.17, 15) is 9.18 Å². The van der Waals surface area contributed by atoms with E-state index in [1.807, 2.05) is 6.07 Å². The molecule has 2 N–H and O–H groups in total. The summed E-state index contributed by atoms with van der Waals surface area (Å²) in [6, 6.07) is 11.1. The molecule has 1 heterocycles. The van der Waals surface area contributed by atoms with Crippen LogP contribution in [0.3, 0.4) is 0 Å². The maximum Gasteiger partial charge on any atom is 0.324 e. The van der Waals surface area contributed by atoms with Crippen LogP contribution in [0.1, 0.15) is 17.0 Å². The number of hydrogen-bond donors (Lipinski definition) is 2. The van der Waals surface area contributed by atoms with E-state index in [1.54, 1.807) is 45.5 Å². The van der Waals surface area contributed by atoms with Crippen molar-refractivity contribution in [3.05, 3.63) is 65.2 Å². The van der Waals surface area contributed by atoms with Crippen molar-refractivity contribution in [2.45, 2.75) is 19.6 Å². The predicted molar refractivity (Wildman–Crippen MR) is 117 cm³/mol. The molecule has 0 aliphatic rings. The van der Waals surface area contributed by atoms with Crippen molar-refractivity contribution in [2.24, 2.45) is 0 Å². The third-order valence-electron chi connectivity index (χ3n) is 4.42. The van der Waals surface area contributed by atoms with Crippen molar-refractivity contribution in [3.63, 3.8) is 0 Å². The number of nitrogens with zero attached hydrogens (tertiary/aromatic N) is 3. The maximum absolute atomic E-state index is 13.5. The summed E-state index contributed by atoms with van der Waals surface area (Å²) in [5, 5.41) is 6.26. The third kappa shape index (κ3) is 5.89. The summed E-state index contributed by atoms with van der Waals surface area (Å²) < 4.78 is 28.5. The van der Waals surface area contributed by atoms with Crippen LogP contribution < -0.4 is 25.0 Å². The largest absolute Gasteiger partial charge is 0.497 e. The van der Waals surface area contributed by atoms with E-state index in [2.05, 4.69) is 20.0 Å². The molecule has 31 heavy (non-hydrogen) atoms. The average Bonchev–Trinajstić information content (AvgIpc) is 3.24. The Balaban J connectivity index is 1.84. The van der Waals surface area contributed by atoms with E-state index in [1.165, 1.54) is 17.0 Å². The monoisotopic (exact) mass is 445 g/mol. The third-order valence-corrected chi connectivity index (χ3v) is 5.20. The number of amides is 2. The molecule has 0 unspecified atom stereocenters. The zero-order valence-electron chi connectivity index (χ0n) is 17.5. The van der Waals surface area contributed by atoms with Crippen molar-refractivity contribution >= 4 is 22.7 Å². The lowest BCUT2D eigenvalue weighted by Crippen LogP contribution is -2.39. The van der Waals surface area contributed by atoms with Crippen LogP contribution in [0.25, 0.3) is 0 Å². The van der Waals surface area contributed by atoms with Gasteiger partial charge in [0.15, 0.2) is 5.82 Å². The second kappa shape index (κ2) is 10.7. The summed E-state index contributed by atoms with van der Waals surface area (Å²) in [5.41, 5.74) is 1.43. The highest BCUT2D eigenvalue weighted by molar-refractivity contribution is 7.09. The average molecular weight is 446 g/mol. The number of benzene rings is 2. The van der Waals surface area contributed by atoms with Crippen LogP contribution in [0, 0.1) is 5.82 Å². The molecule has 8 nitrogen and oxygen atoms in total. The first kappa shape index (κ1) is 22.4. The van der Waals surface area contributed by atoms with Gasteiger partial charge in [-0.2, -0.15) is 4.37 Å². The number of ether oxygens (including phenoxy) is 2. The standard InChI is InChI=1S/C21H24FN5O3S/c1-23-12-19-25-21(31-26-19)27(13-15-7-8-17(29-2)10-18(15)30-3)20(28)24-11-14-5-4-6-16(22)9-14/h4-10,23H,11-13H2,1-3H3,(H,24,28). The molecular formula is C21H24FN5O3S. The number of methoxy groups -OCH3 is 2. The van der Waals surface area contributed by atoms with Crippen LogP contribution in [0.15, 0.2) is 42.5 Å². The molecule has 3 rings (SSSR count). The molecule has 10 heteroatoms. The number of anilines is 1. The van der Waals surface area contributed by atoms with Gasteiger partial charge in [-0.15, -0.1) is 0 Å². The maximum atomic E-state index is 13.5. The van der Waals surface area contributed by atoms with Crippen molar-refractivity contribution in [1.82, 2.24) is 20.0 Å². The zero-order valence-corrected chi connectivity index (χ0v) is 18.3. The molecule has 0 spiro atoms. The molecule has 0 fully saturated rings. The molecule has 0 bridgehead atoms. The fourth-order valence-corrected chi connectivity index (χ4v) is 3.57. The fraction of sp³-hybridized carbons (Fsp3) is 0.286. The van der Waals surface area contributed by atoms with Crippen LogP contribution >= 0.6 is 11.5 Å². The summed E-state index contributed by atoms with van der Waals surface area (Å²) in [6.45, 7) is 0.868. The number of urea groups is 1. The molecule has 0 saturated carbocycles. The second-order valence-electron chi connectivity index (χ2n) is 6.58. The molecular weight excluding hydrogens is 421 g/mol. The summed E-state index contributed by atoms with van der Waals surface area (Å²) in [6.07, 6.45) is 0. The van der Waals surface area contributed by atoms with Crippen LogP contribution in [-0.2, 0) is 19.6 Å². The summed E-state index contributed by atoms with van der Waals surface area (Å²) in [5.74, 6) is 1.47. The Labute approximate surface area is 184 Å². The Hall–Kier alpha value is -3.24. The molecule has 2 amide bonds. The highest BCUT2D eigenvalue weighted by atomic mass is 32.1. The number of nitrogens with one attached hydrogen (secondary N) is 2. The van der Waals surface area contributed by atoms with Crippen molar-refractivity contribution < 1.29 is 18.7 Å². The van der Waals surface area contributed by atoms with Crippen LogP contribution in [0.2, 0.25) is 0 Å². The number of carbonyl (C=O) groups is 1. The quantitative estimate of drug-likeness (QED) is 0.525. The minimum atomic E-state index is -0.380. The van der Waals surface area contributed by atoms with E-state index in [4.69, 9.17) is 9.47 Å². The number of aromatic nitrogens is 2. The molecule has 164 valence electrons. The Kier molecular flexibility index (Phi) is 7.74. The zero-order chi connectivity index (χ0) is 22.2. The van der Waals surface area contributed by atoms with Crippen molar-refractivity contribution in [3.8, 4) is 11.5 Å². The summed E-state index contributed by atoms with van der Waals surface area (Å²) in [7, 11) is 4.93. The lowest BCUT2D eigenvalue weighted by Gasteiger charge is -2.21. The normalized spacial score (nSPS) is 10.6. The Morgan fingerprint density at radius 3 is 2.71 bits per heavy atom. The second-order valence-corrected chi connectivity index (χ2v) is 7.31. The molecule has 0 radical (unpaired) electrons. The molecule has 2 aromatic carbocycles. The van der Waals surface area contributed by atoms with Crippen LogP contribution in [0.5, 0.6) is 11.5 Å². The summed E-state index contributed by atoms with van der Waals surface area (Å²) >= 11 is 1.13. The van der Waals surface area contributed by atoms with Gasteiger partial charge >= 0.3 is 6.03 Å². The molecule has 3 aromatic rings. The lowest BCUT2D eigenvalue weighted by atomic mass is 10.2. The molecule has 0 atom stereocenters. The van der Waals surface area contributed by atoms with Crippen molar-refractivity contribution in [2.75, 3.05) is 26.2 Å². The van der Waals surface area contributed by atoms with Gasteiger partial charge in [-0.3, -0.25) is 4.90 Å². The van der Waals surface area contributed by atoms with E-state index in [0.717, 1.165) is 17.1 Å². The van der Waals surface area contributed by atoms with Gasteiger partial charge in [0, 0.05) is 29.7 Å². The molecule has 0 aliphatic carbocycles. The fourth-order valence-electron chi connectivity index (χ4n) is 2.88. The first-order chi connectivity index (χ1) is 15.0. The minimum Gasteiger partial charge on any atom is -0.497 e. The topological polar surface area (TPSA) is 88.6 Å². The van der Waals surface area contributed by atoms with Crippen molar-refractivity contribution in [1.29, 1.82) is 0 Å². The highest BCUT2D eigenvalue weighted by Gasteiger charge is 2.22. The lowest BCUT2D eigenvalue weighted by molar-refractivity contribution is 0.245. The first-order valence-corrected chi connectivity index (χ1v) is 10.3. The van der Waals surface area contributed by atoms with E-state index >= 15 is 0 Å². The Bertz CT molecular complexity index is 1030. The first-order valence-electron chi connectivity index (χ1n) is 9.52. The molecule has 0 aliphatic heterocycles. The van der Waals surface area contributed by atoms with Gasteiger partial charge in [-0.25, -0.2) is 14.2 Å². The van der Waals surface area contributed by atoms with E-state index in [0.29, 0.717) is 34.6 Å². The van der Waals surface area contributed by atoms with Gasteiger partial charge in [0.25, 0.3) is 0 Å². The number of halogens is 1. The molecule has 0 saturated heterocycles. The van der Waals surface area contributed by atoms with Gasteiger partial charge in [0.05, 0.1) is 27.3 Å².